The molecule has 1 aliphatic rings. The smallest absolute Gasteiger partial charge is 0.201 e. The van der Waals surface area contributed by atoms with Gasteiger partial charge in [0.2, 0.25) is 11.6 Å². The van der Waals surface area contributed by atoms with Crippen molar-refractivity contribution in [3.05, 3.63) is 64.7 Å². The minimum absolute atomic E-state index is 0.0736. The maximum absolute atomic E-state index is 14.4. The Morgan fingerprint density at radius 3 is 2.13 bits per heavy atom. The highest BCUT2D eigenvalue weighted by Gasteiger charge is 2.27. The Bertz CT molecular complexity index is 903. The lowest BCUT2D eigenvalue weighted by atomic mass is 9.79. The normalized spacial score (nSPS) is 19.3. The van der Waals surface area contributed by atoms with Gasteiger partial charge < -0.3 is 9.47 Å². The third-order valence-electron chi connectivity index (χ3n) is 5.56. The highest BCUT2D eigenvalue weighted by Crippen LogP contribution is 2.39. The molecule has 0 aliphatic heterocycles. The largest absolute Gasteiger partial charge is 0.491 e. The summed E-state index contributed by atoms with van der Waals surface area (Å²) in [6.45, 7) is 3.96. The number of benzene rings is 2. The van der Waals surface area contributed by atoms with E-state index in [1.54, 1.807) is 26.0 Å². The van der Waals surface area contributed by atoms with Gasteiger partial charge in [0, 0.05) is 5.56 Å². The Kier molecular flexibility index (Phi) is 7.40. The van der Waals surface area contributed by atoms with Crippen molar-refractivity contribution in [2.75, 3.05) is 13.2 Å². The second-order valence-corrected chi connectivity index (χ2v) is 7.52. The predicted molar refractivity (Wildman–Crippen MR) is 109 cm³/mol. The van der Waals surface area contributed by atoms with E-state index in [1.807, 2.05) is 0 Å². The zero-order valence-electron chi connectivity index (χ0n) is 17.2. The molecule has 0 unspecified atom stereocenters. The first kappa shape index (κ1) is 22.2. The highest BCUT2D eigenvalue weighted by molar-refractivity contribution is 5.51. The van der Waals surface area contributed by atoms with Crippen molar-refractivity contribution in [1.82, 2.24) is 0 Å². The van der Waals surface area contributed by atoms with Gasteiger partial charge in [-0.3, -0.25) is 0 Å². The third kappa shape index (κ3) is 4.79. The van der Waals surface area contributed by atoms with E-state index in [1.165, 1.54) is 24.3 Å². The standard InChI is InChI=1S/C24H26F4O2/c1-3-5-17-10-12-20(23(27)21(17)25)30-14-15-6-8-16(9-7-15)18-11-13-19(29-4-2)24(28)22(18)26/h3,5,10-13,15-16H,4,6-9,14H2,1-2H3. The van der Waals surface area contributed by atoms with Gasteiger partial charge in [0.25, 0.3) is 0 Å². The van der Waals surface area contributed by atoms with Gasteiger partial charge in [-0.25, -0.2) is 8.78 Å². The zero-order chi connectivity index (χ0) is 21.7. The average molecular weight is 422 g/mol. The lowest BCUT2D eigenvalue weighted by Crippen LogP contribution is -2.20. The summed E-state index contributed by atoms with van der Waals surface area (Å²) in [6, 6.07) is 5.97. The molecule has 162 valence electrons. The molecule has 0 heterocycles. The molecule has 2 aromatic carbocycles. The molecule has 0 bridgehead atoms. The first-order valence-corrected chi connectivity index (χ1v) is 10.3. The maximum Gasteiger partial charge on any atom is 0.201 e. The number of hydrogen-bond acceptors (Lipinski definition) is 2. The lowest BCUT2D eigenvalue weighted by Gasteiger charge is -2.29. The van der Waals surface area contributed by atoms with Crippen molar-refractivity contribution in [1.29, 1.82) is 0 Å². The summed E-state index contributed by atoms with van der Waals surface area (Å²) in [5.74, 6) is -3.83. The molecule has 6 heteroatoms. The number of hydrogen-bond donors (Lipinski definition) is 0. The third-order valence-corrected chi connectivity index (χ3v) is 5.56. The number of halogens is 4. The Balaban J connectivity index is 1.58. The topological polar surface area (TPSA) is 18.5 Å². The van der Waals surface area contributed by atoms with Crippen LogP contribution in [0.3, 0.4) is 0 Å². The molecule has 1 aliphatic carbocycles. The van der Waals surface area contributed by atoms with E-state index in [-0.39, 0.29) is 42.1 Å². The Labute approximate surface area is 174 Å². The molecule has 1 saturated carbocycles. The van der Waals surface area contributed by atoms with Crippen LogP contribution in [-0.2, 0) is 0 Å². The summed E-state index contributed by atoms with van der Waals surface area (Å²) in [5.41, 5.74) is 0.537. The molecule has 0 aromatic heterocycles. The van der Waals surface area contributed by atoms with Gasteiger partial charge >= 0.3 is 0 Å². The first-order chi connectivity index (χ1) is 14.5. The lowest BCUT2D eigenvalue weighted by molar-refractivity contribution is 0.191. The molecule has 30 heavy (non-hydrogen) atoms. The molecular weight excluding hydrogens is 396 g/mol. The molecule has 1 fully saturated rings. The van der Waals surface area contributed by atoms with Crippen LogP contribution in [0.5, 0.6) is 11.5 Å². The Morgan fingerprint density at radius 1 is 0.833 bits per heavy atom. The van der Waals surface area contributed by atoms with Gasteiger partial charge in [-0.1, -0.05) is 18.2 Å². The molecule has 0 radical (unpaired) electrons. The molecular formula is C24H26F4O2. The van der Waals surface area contributed by atoms with Gasteiger partial charge in [0.1, 0.15) is 0 Å². The van der Waals surface area contributed by atoms with Gasteiger partial charge in [-0.15, -0.1) is 0 Å². The number of allylic oxidation sites excluding steroid dienone is 1. The predicted octanol–water partition coefficient (Wildman–Crippen LogP) is 7.03. The first-order valence-electron chi connectivity index (χ1n) is 10.3. The van der Waals surface area contributed by atoms with Crippen LogP contribution in [0.25, 0.3) is 6.08 Å². The van der Waals surface area contributed by atoms with Crippen molar-refractivity contribution in [2.45, 2.75) is 45.4 Å². The van der Waals surface area contributed by atoms with Crippen LogP contribution in [-0.4, -0.2) is 13.2 Å². The fraction of sp³-hybridized carbons (Fsp3) is 0.417. The monoisotopic (exact) mass is 422 g/mol. The van der Waals surface area contributed by atoms with Gasteiger partial charge in [0.15, 0.2) is 23.1 Å². The Morgan fingerprint density at radius 2 is 1.47 bits per heavy atom. The van der Waals surface area contributed by atoms with Gasteiger partial charge in [-0.05, 0) is 75.1 Å². The number of rotatable bonds is 7. The minimum atomic E-state index is -0.994. The van der Waals surface area contributed by atoms with E-state index in [4.69, 9.17) is 9.47 Å². The molecule has 0 spiro atoms. The van der Waals surface area contributed by atoms with Crippen molar-refractivity contribution in [3.63, 3.8) is 0 Å². The van der Waals surface area contributed by atoms with Crippen molar-refractivity contribution >= 4 is 6.08 Å². The van der Waals surface area contributed by atoms with Gasteiger partial charge in [-0.2, -0.15) is 8.78 Å². The van der Waals surface area contributed by atoms with Crippen LogP contribution < -0.4 is 9.47 Å². The van der Waals surface area contributed by atoms with Crippen molar-refractivity contribution in [2.24, 2.45) is 5.92 Å². The van der Waals surface area contributed by atoms with Crippen molar-refractivity contribution < 1.29 is 27.0 Å². The molecule has 2 nitrogen and oxygen atoms in total. The van der Waals surface area contributed by atoms with Crippen LogP contribution in [0.2, 0.25) is 0 Å². The van der Waals surface area contributed by atoms with E-state index in [9.17, 15) is 17.6 Å². The van der Waals surface area contributed by atoms with Crippen LogP contribution >= 0.6 is 0 Å². The van der Waals surface area contributed by atoms with E-state index >= 15 is 0 Å². The molecule has 0 atom stereocenters. The molecule has 0 N–H and O–H groups in total. The van der Waals surface area contributed by atoms with Crippen LogP contribution in [0.4, 0.5) is 17.6 Å². The fourth-order valence-corrected chi connectivity index (χ4v) is 3.94. The second kappa shape index (κ2) is 10.0. The quantitative estimate of drug-likeness (QED) is 0.446. The summed E-state index contributed by atoms with van der Waals surface area (Å²) in [7, 11) is 0. The van der Waals surface area contributed by atoms with Crippen molar-refractivity contribution in [3.8, 4) is 11.5 Å². The van der Waals surface area contributed by atoms with Crippen LogP contribution in [0.15, 0.2) is 30.3 Å². The van der Waals surface area contributed by atoms with E-state index in [2.05, 4.69) is 0 Å². The average Bonchev–Trinajstić information content (AvgIpc) is 2.75. The molecule has 0 saturated heterocycles. The second-order valence-electron chi connectivity index (χ2n) is 7.52. The summed E-state index contributed by atoms with van der Waals surface area (Å²) >= 11 is 0. The molecule has 0 amide bonds. The maximum atomic E-state index is 14.4. The highest BCUT2D eigenvalue weighted by atomic mass is 19.2. The summed E-state index contributed by atoms with van der Waals surface area (Å²) < 4.78 is 67.4. The van der Waals surface area contributed by atoms with E-state index in [0.29, 0.717) is 18.4 Å². The fourth-order valence-electron chi connectivity index (χ4n) is 3.94. The summed E-state index contributed by atoms with van der Waals surface area (Å²) in [6.07, 6.45) is 5.95. The van der Waals surface area contributed by atoms with Crippen LogP contribution in [0.1, 0.15) is 56.6 Å². The summed E-state index contributed by atoms with van der Waals surface area (Å²) in [5, 5.41) is 0. The number of ether oxygens (including phenoxy) is 2. The minimum Gasteiger partial charge on any atom is -0.491 e. The van der Waals surface area contributed by atoms with E-state index < -0.39 is 23.3 Å². The summed E-state index contributed by atoms with van der Waals surface area (Å²) in [4.78, 5) is 0. The van der Waals surface area contributed by atoms with Gasteiger partial charge in [0.05, 0.1) is 13.2 Å². The van der Waals surface area contributed by atoms with E-state index in [0.717, 1.165) is 12.8 Å². The zero-order valence-corrected chi connectivity index (χ0v) is 17.2. The molecule has 2 aromatic rings. The SMILES string of the molecule is CC=Cc1ccc(OCC2CCC(c3ccc(OCC)c(F)c3F)CC2)c(F)c1F. The Hall–Kier alpha value is -2.50. The molecule has 3 rings (SSSR count). The van der Waals surface area contributed by atoms with Crippen LogP contribution in [0, 0.1) is 29.2 Å².